The number of esters is 1. The van der Waals surface area contributed by atoms with E-state index < -0.39 is 11.4 Å². The van der Waals surface area contributed by atoms with Crippen LogP contribution in [0.1, 0.15) is 58.3 Å². The minimum Gasteiger partial charge on any atom is -0.462 e. The van der Waals surface area contributed by atoms with E-state index in [0.29, 0.717) is 11.4 Å². The quantitative estimate of drug-likeness (QED) is 0.664. The largest absolute Gasteiger partial charge is 0.462 e. The number of allylic oxidation sites excluding steroid dienone is 1. The minimum absolute atomic E-state index is 0.0497. The first-order valence-electron chi connectivity index (χ1n) is 9.58. The lowest BCUT2D eigenvalue weighted by Gasteiger charge is -2.44. The van der Waals surface area contributed by atoms with Crippen molar-refractivity contribution in [2.45, 2.75) is 64.3 Å². The Balaban J connectivity index is 1.91. The lowest BCUT2D eigenvalue weighted by molar-refractivity contribution is -0.142. The van der Waals surface area contributed by atoms with Gasteiger partial charge in [-0.15, -0.1) is 0 Å². The highest BCUT2D eigenvalue weighted by Crippen LogP contribution is 2.57. The average Bonchev–Trinajstić information content (AvgIpc) is 2.88. The summed E-state index contributed by atoms with van der Waals surface area (Å²) < 4.78 is 5.33. The van der Waals surface area contributed by atoms with Crippen LogP contribution in [0.4, 0.5) is 0 Å². The molecule has 4 N–H and O–H groups in total. The highest BCUT2D eigenvalue weighted by molar-refractivity contribution is 6.05. The van der Waals surface area contributed by atoms with E-state index in [9.17, 15) is 9.59 Å². The summed E-state index contributed by atoms with van der Waals surface area (Å²) in [5.41, 5.74) is 7.87. The van der Waals surface area contributed by atoms with Crippen molar-refractivity contribution in [3.63, 3.8) is 0 Å². The molecule has 25 heavy (non-hydrogen) atoms. The van der Waals surface area contributed by atoms with Gasteiger partial charge in [-0.05, 0) is 51.0 Å². The van der Waals surface area contributed by atoms with Gasteiger partial charge in [-0.1, -0.05) is 12.8 Å². The third-order valence-corrected chi connectivity index (χ3v) is 6.37. The molecule has 0 aromatic carbocycles. The standard InChI is InChI=1S/C19H27N3O3/c1-2-25-17(23)15-16(20)21-13-9-5-3-7-11(13)19(15)12-8-4-6-10-14(12)22-18(19)24/h12,14,21H,2-10,20H2,1H3,(H,22,24)/t12-,14?,19?/m0/s1. The number of amides is 1. The number of fused-ring (bicyclic) bond motifs is 3. The number of hydrogen-bond donors (Lipinski definition) is 3. The Hall–Kier alpha value is -1.98. The summed E-state index contributed by atoms with van der Waals surface area (Å²) in [4.78, 5) is 26.2. The first kappa shape index (κ1) is 16.5. The summed E-state index contributed by atoms with van der Waals surface area (Å²) in [6.07, 6.45) is 7.98. The summed E-state index contributed by atoms with van der Waals surface area (Å²) in [6.45, 7) is 2.05. The Labute approximate surface area is 148 Å². The zero-order valence-corrected chi connectivity index (χ0v) is 14.8. The third kappa shape index (κ3) is 2.22. The molecule has 6 heteroatoms. The van der Waals surface area contributed by atoms with Gasteiger partial charge in [0.05, 0.1) is 12.2 Å². The molecule has 0 radical (unpaired) electrons. The summed E-state index contributed by atoms with van der Waals surface area (Å²) in [5, 5.41) is 6.43. The molecular weight excluding hydrogens is 318 g/mol. The number of carbonyl (C=O) groups excluding carboxylic acids is 2. The van der Waals surface area contributed by atoms with Crippen molar-refractivity contribution in [1.29, 1.82) is 0 Å². The summed E-state index contributed by atoms with van der Waals surface area (Å²) in [7, 11) is 0. The van der Waals surface area contributed by atoms with Crippen LogP contribution in [-0.2, 0) is 14.3 Å². The monoisotopic (exact) mass is 345 g/mol. The van der Waals surface area contributed by atoms with Crippen molar-refractivity contribution in [3.05, 3.63) is 22.7 Å². The minimum atomic E-state index is -0.928. The number of nitrogens with two attached hydrogens (primary N) is 1. The van der Waals surface area contributed by atoms with Crippen LogP contribution in [0.15, 0.2) is 22.7 Å². The first-order chi connectivity index (χ1) is 12.1. The maximum Gasteiger partial charge on any atom is 0.339 e. The molecule has 4 aliphatic rings. The van der Waals surface area contributed by atoms with Gasteiger partial charge in [-0.2, -0.15) is 0 Å². The van der Waals surface area contributed by atoms with E-state index in [2.05, 4.69) is 10.6 Å². The van der Waals surface area contributed by atoms with Crippen LogP contribution in [0, 0.1) is 11.3 Å². The predicted molar refractivity (Wildman–Crippen MR) is 92.8 cm³/mol. The lowest BCUT2D eigenvalue weighted by Crippen LogP contribution is -2.50. The molecule has 1 spiro atoms. The molecule has 136 valence electrons. The zero-order chi connectivity index (χ0) is 17.6. The molecule has 2 aliphatic carbocycles. The van der Waals surface area contributed by atoms with Gasteiger partial charge in [0, 0.05) is 17.7 Å². The van der Waals surface area contributed by atoms with Gasteiger partial charge in [0.1, 0.15) is 11.2 Å². The first-order valence-corrected chi connectivity index (χ1v) is 9.58. The van der Waals surface area contributed by atoms with Gasteiger partial charge >= 0.3 is 5.97 Å². The Morgan fingerprint density at radius 3 is 2.80 bits per heavy atom. The van der Waals surface area contributed by atoms with Gasteiger partial charge in [-0.3, -0.25) is 4.79 Å². The predicted octanol–water partition coefficient (Wildman–Crippen LogP) is 1.83. The van der Waals surface area contributed by atoms with E-state index in [-0.39, 0.29) is 24.5 Å². The second-order valence-corrected chi connectivity index (χ2v) is 7.58. The molecule has 0 aromatic rings. The molecule has 1 amide bonds. The number of nitrogens with one attached hydrogen (secondary N) is 2. The molecule has 2 heterocycles. The van der Waals surface area contributed by atoms with Crippen LogP contribution in [0.3, 0.4) is 0 Å². The van der Waals surface area contributed by atoms with Gasteiger partial charge in [0.2, 0.25) is 5.91 Å². The fourth-order valence-corrected chi connectivity index (χ4v) is 5.47. The van der Waals surface area contributed by atoms with Gasteiger partial charge in [-0.25, -0.2) is 4.79 Å². The van der Waals surface area contributed by atoms with E-state index in [1.54, 1.807) is 6.92 Å². The molecule has 0 aromatic heterocycles. The van der Waals surface area contributed by atoms with Crippen LogP contribution in [0.2, 0.25) is 0 Å². The number of ether oxygens (including phenoxy) is 1. The summed E-state index contributed by atoms with van der Waals surface area (Å²) in [5.74, 6) is -0.102. The lowest BCUT2D eigenvalue weighted by atomic mass is 9.58. The van der Waals surface area contributed by atoms with Crippen LogP contribution < -0.4 is 16.4 Å². The third-order valence-electron chi connectivity index (χ3n) is 6.37. The van der Waals surface area contributed by atoms with Crippen molar-refractivity contribution >= 4 is 11.9 Å². The van der Waals surface area contributed by atoms with Crippen LogP contribution in [0.5, 0.6) is 0 Å². The molecule has 4 rings (SSSR count). The van der Waals surface area contributed by atoms with Crippen molar-refractivity contribution in [2.75, 3.05) is 6.61 Å². The fourth-order valence-electron chi connectivity index (χ4n) is 5.47. The fraction of sp³-hybridized carbons (Fsp3) is 0.684. The Morgan fingerprint density at radius 2 is 2.00 bits per heavy atom. The van der Waals surface area contributed by atoms with E-state index >= 15 is 0 Å². The number of carbonyl (C=O) groups is 2. The van der Waals surface area contributed by atoms with Crippen molar-refractivity contribution in [2.24, 2.45) is 17.1 Å². The second-order valence-electron chi connectivity index (χ2n) is 7.58. The Morgan fingerprint density at radius 1 is 1.24 bits per heavy atom. The van der Waals surface area contributed by atoms with Gasteiger partial charge in [0.15, 0.2) is 0 Å². The topological polar surface area (TPSA) is 93.4 Å². The van der Waals surface area contributed by atoms with Crippen LogP contribution in [0.25, 0.3) is 0 Å². The highest BCUT2D eigenvalue weighted by Gasteiger charge is 2.63. The van der Waals surface area contributed by atoms with E-state index in [1.807, 2.05) is 0 Å². The van der Waals surface area contributed by atoms with Gasteiger partial charge < -0.3 is 21.1 Å². The highest BCUT2D eigenvalue weighted by atomic mass is 16.5. The molecule has 0 bridgehead atoms. The molecule has 1 saturated heterocycles. The molecule has 2 unspecified atom stereocenters. The molecule has 3 atom stereocenters. The average molecular weight is 345 g/mol. The van der Waals surface area contributed by atoms with Crippen molar-refractivity contribution < 1.29 is 14.3 Å². The summed E-state index contributed by atoms with van der Waals surface area (Å²) in [6, 6.07) is 0.132. The number of rotatable bonds is 2. The van der Waals surface area contributed by atoms with Crippen LogP contribution in [-0.4, -0.2) is 24.5 Å². The Kier molecular flexibility index (Phi) is 4.01. The molecule has 2 fully saturated rings. The SMILES string of the molecule is CCOC(=O)C1=C(N)NC2=C(CCCC2)C12C(=O)NC1CCCC[C@@H]12. The molecule has 6 nitrogen and oxygen atoms in total. The van der Waals surface area contributed by atoms with E-state index in [0.717, 1.165) is 62.6 Å². The second kappa shape index (κ2) is 6.07. The molecule has 2 aliphatic heterocycles. The van der Waals surface area contributed by atoms with E-state index in [1.165, 1.54) is 0 Å². The van der Waals surface area contributed by atoms with Crippen molar-refractivity contribution in [1.82, 2.24) is 10.6 Å². The smallest absolute Gasteiger partial charge is 0.339 e. The van der Waals surface area contributed by atoms with E-state index in [4.69, 9.17) is 10.5 Å². The molecule has 1 saturated carbocycles. The Bertz CT molecular complexity index is 681. The van der Waals surface area contributed by atoms with Gasteiger partial charge in [0.25, 0.3) is 0 Å². The normalized spacial score (nSPS) is 34.4. The number of hydrogen-bond acceptors (Lipinski definition) is 5. The van der Waals surface area contributed by atoms with Crippen LogP contribution >= 0.6 is 0 Å². The maximum atomic E-state index is 13.4. The molecular formula is C19H27N3O3. The number of dihydropyridines is 1. The zero-order valence-electron chi connectivity index (χ0n) is 14.8. The maximum absolute atomic E-state index is 13.4. The summed E-state index contributed by atoms with van der Waals surface area (Å²) >= 11 is 0. The van der Waals surface area contributed by atoms with Crippen molar-refractivity contribution in [3.8, 4) is 0 Å².